The van der Waals surface area contributed by atoms with Gasteiger partial charge in [0.05, 0.1) is 11.9 Å². The van der Waals surface area contributed by atoms with Gasteiger partial charge in [0.15, 0.2) is 0 Å². The van der Waals surface area contributed by atoms with Crippen LogP contribution in [0.5, 0.6) is 0 Å². The molecule has 3 rings (SSSR count). The highest BCUT2D eigenvalue weighted by Crippen LogP contribution is 2.08. The van der Waals surface area contributed by atoms with Crippen molar-refractivity contribution < 1.29 is 4.79 Å². The van der Waals surface area contributed by atoms with E-state index in [0.29, 0.717) is 17.2 Å². The number of aromatic nitrogens is 4. The third kappa shape index (κ3) is 2.54. The molecule has 3 aromatic heterocycles. The van der Waals surface area contributed by atoms with Crippen molar-refractivity contribution >= 4 is 11.6 Å². The maximum absolute atomic E-state index is 12.1. The van der Waals surface area contributed by atoms with Crippen LogP contribution in [0.25, 0.3) is 5.82 Å². The lowest BCUT2D eigenvalue weighted by Crippen LogP contribution is -2.14. The fourth-order valence-corrected chi connectivity index (χ4v) is 1.72. The highest BCUT2D eigenvalue weighted by Gasteiger charge is 2.09. The average Bonchev–Trinajstić information content (AvgIpc) is 3.03. The monoisotopic (exact) mass is 265 g/mol. The first kappa shape index (κ1) is 12.0. The molecule has 0 fully saturated rings. The van der Waals surface area contributed by atoms with Crippen LogP contribution in [-0.2, 0) is 0 Å². The smallest absolute Gasteiger partial charge is 0.274 e. The van der Waals surface area contributed by atoms with E-state index in [2.05, 4.69) is 20.3 Å². The second-order valence-electron chi connectivity index (χ2n) is 4.05. The van der Waals surface area contributed by atoms with Gasteiger partial charge in [-0.05, 0) is 24.3 Å². The molecule has 0 aliphatic heterocycles. The SMILES string of the molecule is O=C(Nc1cccnc1)c1cccc(-n2ccnc2)n1. The number of pyridine rings is 2. The Balaban J connectivity index is 1.84. The van der Waals surface area contributed by atoms with Gasteiger partial charge >= 0.3 is 0 Å². The second-order valence-corrected chi connectivity index (χ2v) is 4.05. The van der Waals surface area contributed by atoms with Crippen LogP contribution in [0.3, 0.4) is 0 Å². The van der Waals surface area contributed by atoms with Gasteiger partial charge < -0.3 is 5.32 Å². The molecule has 0 spiro atoms. The van der Waals surface area contributed by atoms with Crippen molar-refractivity contribution in [3.63, 3.8) is 0 Å². The van der Waals surface area contributed by atoms with E-state index in [1.807, 2.05) is 6.07 Å². The van der Waals surface area contributed by atoms with E-state index in [4.69, 9.17) is 0 Å². The molecular formula is C14H11N5O. The predicted molar refractivity (Wildman–Crippen MR) is 73.5 cm³/mol. The molecule has 0 atom stereocenters. The van der Waals surface area contributed by atoms with Crippen LogP contribution < -0.4 is 5.32 Å². The third-order valence-electron chi connectivity index (χ3n) is 2.66. The fraction of sp³-hybridized carbons (Fsp3) is 0. The number of carbonyl (C=O) groups is 1. The third-order valence-corrected chi connectivity index (χ3v) is 2.66. The number of hydrogen-bond acceptors (Lipinski definition) is 4. The Hall–Kier alpha value is -3.02. The molecule has 0 aliphatic carbocycles. The molecule has 3 heterocycles. The maximum Gasteiger partial charge on any atom is 0.274 e. The Morgan fingerprint density at radius 3 is 2.80 bits per heavy atom. The Bertz CT molecular complexity index is 709. The standard InChI is InChI=1S/C14H11N5O/c20-14(17-11-3-2-6-15-9-11)12-4-1-5-13(18-12)19-8-7-16-10-19/h1-10H,(H,17,20). The van der Waals surface area contributed by atoms with E-state index in [1.54, 1.807) is 59.9 Å². The molecule has 3 aromatic rings. The maximum atomic E-state index is 12.1. The van der Waals surface area contributed by atoms with E-state index >= 15 is 0 Å². The van der Waals surface area contributed by atoms with E-state index in [-0.39, 0.29) is 5.91 Å². The molecule has 0 aliphatic rings. The second kappa shape index (κ2) is 5.31. The van der Waals surface area contributed by atoms with Crippen LogP contribution in [0.15, 0.2) is 61.4 Å². The molecule has 6 nitrogen and oxygen atoms in total. The molecule has 0 unspecified atom stereocenters. The summed E-state index contributed by atoms with van der Waals surface area (Å²) in [6, 6.07) is 8.77. The van der Waals surface area contributed by atoms with Crippen LogP contribution in [0.2, 0.25) is 0 Å². The molecule has 1 N–H and O–H groups in total. The highest BCUT2D eigenvalue weighted by molar-refractivity contribution is 6.02. The first-order chi connectivity index (χ1) is 9.83. The number of rotatable bonds is 3. The van der Waals surface area contributed by atoms with Crippen molar-refractivity contribution in [3.05, 3.63) is 67.1 Å². The molecule has 0 bridgehead atoms. The average molecular weight is 265 g/mol. The zero-order chi connectivity index (χ0) is 13.8. The van der Waals surface area contributed by atoms with Crippen LogP contribution in [0.1, 0.15) is 10.5 Å². The topological polar surface area (TPSA) is 72.7 Å². The molecular weight excluding hydrogens is 254 g/mol. The normalized spacial score (nSPS) is 10.2. The van der Waals surface area contributed by atoms with Gasteiger partial charge in [0.2, 0.25) is 0 Å². The molecule has 0 saturated heterocycles. The Morgan fingerprint density at radius 2 is 2.05 bits per heavy atom. The van der Waals surface area contributed by atoms with Gasteiger partial charge in [-0.1, -0.05) is 6.07 Å². The van der Waals surface area contributed by atoms with E-state index in [0.717, 1.165) is 0 Å². The predicted octanol–water partition coefficient (Wildman–Crippen LogP) is 1.91. The lowest BCUT2D eigenvalue weighted by molar-refractivity contribution is 0.102. The van der Waals surface area contributed by atoms with Crippen LogP contribution in [0, 0.1) is 0 Å². The van der Waals surface area contributed by atoms with Crippen molar-refractivity contribution in [2.24, 2.45) is 0 Å². The zero-order valence-electron chi connectivity index (χ0n) is 10.5. The quantitative estimate of drug-likeness (QED) is 0.785. The number of nitrogens with one attached hydrogen (secondary N) is 1. The zero-order valence-corrected chi connectivity index (χ0v) is 10.5. The Labute approximate surface area is 115 Å². The van der Waals surface area contributed by atoms with Crippen LogP contribution >= 0.6 is 0 Å². The minimum absolute atomic E-state index is 0.278. The summed E-state index contributed by atoms with van der Waals surface area (Å²) in [5, 5.41) is 2.74. The molecule has 0 aromatic carbocycles. The van der Waals surface area contributed by atoms with Crippen LogP contribution in [-0.4, -0.2) is 25.4 Å². The molecule has 1 amide bonds. The molecule has 6 heteroatoms. The van der Waals surface area contributed by atoms with Crippen molar-refractivity contribution in [2.45, 2.75) is 0 Å². The van der Waals surface area contributed by atoms with Gasteiger partial charge in [-0.2, -0.15) is 0 Å². The summed E-state index contributed by atoms with van der Waals surface area (Å²) in [6.45, 7) is 0. The van der Waals surface area contributed by atoms with Gasteiger partial charge in [0, 0.05) is 18.6 Å². The summed E-state index contributed by atoms with van der Waals surface area (Å²) in [7, 11) is 0. The number of hydrogen-bond donors (Lipinski definition) is 1. The van der Waals surface area contributed by atoms with Crippen LogP contribution in [0.4, 0.5) is 5.69 Å². The van der Waals surface area contributed by atoms with Gasteiger partial charge in [0.25, 0.3) is 5.91 Å². The molecule has 0 radical (unpaired) electrons. The van der Waals surface area contributed by atoms with E-state index < -0.39 is 0 Å². The largest absolute Gasteiger partial charge is 0.319 e. The van der Waals surface area contributed by atoms with Gasteiger partial charge in [0.1, 0.15) is 17.8 Å². The van der Waals surface area contributed by atoms with Crippen molar-refractivity contribution in [2.75, 3.05) is 5.32 Å². The highest BCUT2D eigenvalue weighted by atomic mass is 16.1. The summed E-state index contributed by atoms with van der Waals surface area (Å²) in [5.41, 5.74) is 0.965. The Morgan fingerprint density at radius 1 is 1.10 bits per heavy atom. The number of anilines is 1. The fourth-order valence-electron chi connectivity index (χ4n) is 1.72. The minimum atomic E-state index is -0.278. The molecule has 0 saturated carbocycles. The first-order valence-electron chi connectivity index (χ1n) is 6.00. The summed E-state index contributed by atoms with van der Waals surface area (Å²) in [5.74, 6) is 0.362. The van der Waals surface area contributed by atoms with E-state index in [1.165, 1.54) is 0 Å². The summed E-state index contributed by atoms with van der Waals surface area (Å²) in [4.78, 5) is 24.3. The molecule has 20 heavy (non-hydrogen) atoms. The summed E-state index contributed by atoms with van der Waals surface area (Å²) < 4.78 is 1.74. The first-order valence-corrected chi connectivity index (χ1v) is 6.00. The van der Waals surface area contributed by atoms with Gasteiger partial charge in [-0.3, -0.25) is 14.3 Å². The van der Waals surface area contributed by atoms with Crippen molar-refractivity contribution in [1.29, 1.82) is 0 Å². The van der Waals surface area contributed by atoms with Gasteiger partial charge in [-0.25, -0.2) is 9.97 Å². The van der Waals surface area contributed by atoms with Gasteiger partial charge in [-0.15, -0.1) is 0 Å². The number of amides is 1. The minimum Gasteiger partial charge on any atom is -0.319 e. The number of carbonyl (C=O) groups excluding carboxylic acids is 1. The number of imidazole rings is 1. The van der Waals surface area contributed by atoms with Crippen molar-refractivity contribution in [1.82, 2.24) is 19.5 Å². The molecule has 98 valence electrons. The summed E-state index contributed by atoms with van der Waals surface area (Å²) >= 11 is 0. The van der Waals surface area contributed by atoms with Crippen molar-refractivity contribution in [3.8, 4) is 5.82 Å². The lowest BCUT2D eigenvalue weighted by atomic mass is 10.3. The van der Waals surface area contributed by atoms with E-state index in [9.17, 15) is 4.79 Å². The summed E-state index contributed by atoms with van der Waals surface area (Å²) in [6.07, 6.45) is 8.28. The number of nitrogens with zero attached hydrogens (tertiary/aromatic N) is 4. The lowest BCUT2D eigenvalue weighted by Gasteiger charge is -2.06. The Kier molecular flexibility index (Phi) is 3.20.